The van der Waals surface area contributed by atoms with Crippen molar-refractivity contribution in [3.8, 4) is 0 Å². The summed E-state index contributed by atoms with van der Waals surface area (Å²) in [6.45, 7) is 3.27. The van der Waals surface area contributed by atoms with Crippen LogP contribution in [0, 0.1) is 5.92 Å². The Morgan fingerprint density at radius 3 is 2.70 bits per heavy atom. The third-order valence-electron chi connectivity index (χ3n) is 2.11. The van der Waals surface area contributed by atoms with Crippen molar-refractivity contribution in [2.75, 3.05) is 13.1 Å². The Labute approximate surface area is 60.6 Å². The molecule has 1 saturated heterocycles. The van der Waals surface area contributed by atoms with Crippen molar-refractivity contribution in [1.82, 2.24) is 4.90 Å². The molecule has 0 saturated carbocycles. The molecular formula is C7H13NO2. The quantitative estimate of drug-likeness (QED) is 0.546. The highest BCUT2D eigenvalue weighted by Gasteiger charge is 2.28. The Hall–Kier alpha value is -0.570. The number of nitrogens with zero attached hydrogens (tertiary/aromatic N) is 1. The average Bonchev–Trinajstić information content (AvgIpc) is 2.30. The average molecular weight is 143 g/mol. The Bertz CT molecular complexity index is 127. The van der Waals surface area contributed by atoms with Crippen molar-refractivity contribution in [3.05, 3.63) is 0 Å². The molecular weight excluding hydrogens is 130 g/mol. The topological polar surface area (TPSA) is 40.5 Å². The monoisotopic (exact) mass is 143 g/mol. The van der Waals surface area contributed by atoms with E-state index in [1.165, 1.54) is 0 Å². The van der Waals surface area contributed by atoms with E-state index in [9.17, 15) is 9.90 Å². The van der Waals surface area contributed by atoms with Gasteiger partial charge in [-0.2, -0.15) is 0 Å². The molecule has 3 heteroatoms. The molecule has 2 unspecified atom stereocenters. The number of hydrogen-bond acceptors (Lipinski definition) is 2. The molecule has 1 amide bonds. The van der Waals surface area contributed by atoms with Crippen LogP contribution in [-0.4, -0.2) is 35.6 Å². The van der Waals surface area contributed by atoms with Gasteiger partial charge in [-0.15, -0.1) is 0 Å². The molecule has 0 aromatic rings. The van der Waals surface area contributed by atoms with Gasteiger partial charge in [0.1, 0.15) is 0 Å². The number of carbonyl (C=O) groups is 1. The van der Waals surface area contributed by atoms with E-state index in [2.05, 4.69) is 0 Å². The summed E-state index contributed by atoms with van der Waals surface area (Å²) >= 11 is 0. The van der Waals surface area contributed by atoms with Gasteiger partial charge in [0.2, 0.25) is 6.41 Å². The first-order valence-corrected chi connectivity index (χ1v) is 3.65. The molecule has 1 fully saturated rings. The molecule has 0 aromatic carbocycles. The first-order chi connectivity index (χ1) is 4.77. The van der Waals surface area contributed by atoms with Crippen LogP contribution in [0.1, 0.15) is 13.3 Å². The lowest BCUT2D eigenvalue weighted by Crippen LogP contribution is -2.19. The van der Waals surface area contributed by atoms with Crippen molar-refractivity contribution in [1.29, 1.82) is 0 Å². The molecule has 1 N–H and O–H groups in total. The zero-order chi connectivity index (χ0) is 7.56. The molecule has 0 spiro atoms. The zero-order valence-electron chi connectivity index (χ0n) is 6.16. The van der Waals surface area contributed by atoms with Crippen LogP contribution in [0.4, 0.5) is 0 Å². The summed E-state index contributed by atoms with van der Waals surface area (Å²) in [6.07, 6.45) is 1.46. The molecule has 0 bridgehead atoms. The van der Waals surface area contributed by atoms with Gasteiger partial charge in [-0.1, -0.05) is 6.92 Å². The molecule has 0 aromatic heterocycles. The van der Waals surface area contributed by atoms with Gasteiger partial charge in [-0.3, -0.25) is 4.79 Å². The fraction of sp³-hybridized carbons (Fsp3) is 0.857. The third-order valence-corrected chi connectivity index (χ3v) is 2.11. The van der Waals surface area contributed by atoms with Crippen LogP contribution in [0.25, 0.3) is 0 Å². The van der Waals surface area contributed by atoms with Crippen LogP contribution >= 0.6 is 0 Å². The fourth-order valence-electron chi connectivity index (χ4n) is 1.37. The highest BCUT2D eigenvalue weighted by molar-refractivity contribution is 5.47. The molecule has 0 radical (unpaired) electrons. The van der Waals surface area contributed by atoms with Crippen LogP contribution in [0.2, 0.25) is 0 Å². The molecule has 1 rings (SSSR count). The van der Waals surface area contributed by atoms with E-state index >= 15 is 0 Å². The summed E-state index contributed by atoms with van der Waals surface area (Å²) in [5.74, 6) is 0.296. The van der Waals surface area contributed by atoms with Gasteiger partial charge in [-0.25, -0.2) is 0 Å². The molecule has 3 nitrogen and oxygen atoms in total. The van der Waals surface area contributed by atoms with Crippen LogP contribution in [0.15, 0.2) is 0 Å². The van der Waals surface area contributed by atoms with Crippen LogP contribution in [-0.2, 0) is 4.79 Å². The number of amides is 1. The van der Waals surface area contributed by atoms with E-state index in [1.54, 1.807) is 4.90 Å². The molecule has 10 heavy (non-hydrogen) atoms. The fourth-order valence-corrected chi connectivity index (χ4v) is 1.37. The lowest BCUT2D eigenvalue weighted by atomic mass is 10.0. The summed E-state index contributed by atoms with van der Waals surface area (Å²) in [4.78, 5) is 11.9. The van der Waals surface area contributed by atoms with Gasteiger partial charge < -0.3 is 10.0 Å². The minimum atomic E-state index is -0.296. The second-order valence-corrected chi connectivity index (χ2v) is 2.79. The maximum Gasteiger partial charge on any atom is 0.209 e. The maximum absolute atomic E-state index is 10.2. The summed E-state index contributed by atoms with van der Waals surface area (Å²) in [5, 5.41) is 9.29. The lowest BCUT2D eigenvalue weighted by molar-refractivity contribution is -0.117. The first-order valence-electron chi connectivity index (χ1n) is 3.65. The van der Waals surface area contributed by atoms with Crippen LogP contribution in [0.3, 0.4) is 0 Å². The summed E-state index contributed by atoms with van der Waals surface area (Å²) in [6, 6.07) is 0. The van der Waals surface area contributed by atoms with E-state index in [1.807, 2.05) is 6.92 Å². The Kier molecular flexibility index (Phi) is 2.27. The number of carbonyl (C=O) groups excluding carboxylic acids is 1. The molecule has 1 aliphatic rings. The number of hydrogen-bond donors (Lipinski definition) is 1. The van der Waals surface area contributed by atoms with Crippen molar-refractivity contribution in [3.63, 3.8) is 0 Å². The SMILES string of the molecule is CCC1CN(C=O)CC1O. The van der Waals surface area contributed by atoms with Crippen LogP contribution < -0.4 is 0 Å². The van der Waals surface area contributed by atoms with E-state index in [0.717, 1.165) is 19.4 Å². The smallest absolute Gasteiger partial charge is 0.209 e. The summed E-state index contributed by atoms with van der Waals surface area (Å²) in [5.41, 5.74) is 0. The number of likely N-dealkylation sites (tertiary alicyclic amines) is 1. The highest BCUT2D eigenvalue weighted by atomic mass is 16.3. The number of aliphatic hydroxyl groups excluding tert-OH is 1. The second kappa shape index (κ2) is 3.01. The van der Waals surface area contributed by atoms with E-state index < -0.39 is 0 Å². The summed E-state index contributed by atoms with van der Waals surface area (Å²) < 4.78 is 0. The van der Waals surface area contributed by atoms with E-state index in [0.29, 0.717) is 12.5 Å². The van der Waals surface area contributed by atoms with E-state index in [4.69, 9.17) is 0 Å². The minimum absolute atomic E-state index is 0.296. The highest BCUT2D eigenvalue weighted by Crippen LogP contribution is 2.17. The predicted molar refractivity (Wildman–Crippen MR) is 37.4 cm³/mol. The van der Waals surface area contributed by atoms with E-state index in [-0.39, 0.29) is 6.10 Å². The van der Waals surface area contributed by atoms with Crippen LogP contribution in [0.5, 0.6) is 0 Å². The van der Waals surface area contributed by atoms with Gasteiger partial charge >= 0.3 is 0 Å². The molecule has 0 aliphatic carbocycles. The van der Waals surface area contributed by atoms with Crippen molar-refractivity contribution in [2.24, 2.45) is 5.92 Å². The predicted octanol–water partition coefficient (Wildman–Crippen LogP) is -0.155. The maximum atomic E-state index is 10.2. The Morgan fingerprint density at radius 2 is 2.40 bits per heavy atom. The first kappa shape index (κ1) is 7.54. The normalized spacial score (nSPS) is 32.8. The van der Waals surface area contributed by atoms with Crippen molar-refractivity contribution >= 4 is 6.41 Å². The second-order valence-electron chi connectivity index (χ2n) is 2.79. The van der Waals surface area contributed by atoms with Gasteiger partial charge in [0.25, 0.3) is 0 Å². The standard InChI is InChI=1S/C7H13NO2/c1-2-6-3-8(5-9)4-7(6)10/h5-7,10H,2-4H2,1H3. The molecule has 2 atom stereocenters. The largest absolute Gasteiger partial charge is 0.391 e. The molecule has 58 valence electrons. The van der Waals surface area contributed by atoms with Crippen molar-refractivity contribution < 1.29 is 9.90 Å². The number of rotatable bonds is 2. The molecule has 1 aliphatic heterocycles. The minimum Gasteiger partial charge on any atom is -0.391 e. The zero-order valence-corrected chi connectivity index (χ0v) is 6.16. The Morgan fingerprint density at radius 1 is 1.70 bits per heavy atom. The Balaban J connectivity index is 2.43. The number of β-amino-alcohol motifs (C(OH)–C–C–N with tert-alkyl or cyclic N) is 1. The van der Waals surface area contributed by atoms with Gasteiger partial charge in [-0.05, 0) is 6.42 Å². The van der Waals surface area contributed by atoms with Crippen molar-refractivity contribution in [2.45, 2.75) is 19.4 Å². The van der Waals surface area contributed by atoms with Gasteiger partial charge in [0, 0.05) is 19.0 Å². The van der Waals surface area contributed by atoms with Gasteiger partial charge in [0.05, 0.1) is 6.10 Å². The van der Waals surface area contributed by atoms with Gasteiger partial charge in [0.15, 0.2) is 0 Å². The summed E-state index contributed by atoms with van der Waals surface area (Å²) in [7, 11) is 0. The number of aliphatic hydroxyl groups is 1. The molecule has 1 heterocycles. The third kappa shape index (κ3) is 1.29. The lowest BCUT2D eigenvalue weighted by Gasteiger charge is -2.07.